The summed E-state index contributed by atoms with van der Waals surface area (Å²) < 4.78 is 1.18. The van der Waals surface area contributed by atoms with Crippen molar-refractivity contribution in [2.45, 2.75) is 19.9 Å². The van der Waals surface area contributed by atoms with E-state index in [0.717, 1.165) is 21.8 Å². The molecule has 0 aliphatic carbocycles. The van der Waals surface area contributed by atoms with Crippen LogP contribution in [0.4, 0.5) is 5.69 Å². The van der Waals surface area contributed by atoms with Crippen LogP contribution in [0, 0.1) is 6.92 Å². The third kappa shape index (κ3) is 3.00. The molecular weight excluding hydrogens is 323 g/mol. The first-order valence-electron chi connectivity index (χ1n) is 6.62. The molecule has 1 N–H and O–H groups in total. The van der Waals surface area contributed by atoms with E-state index in [0.29, 0.717) is 10.0 Å². The van der Waals surface area contributed by atoms with Gasteiger partial charge >= 0.3 is 0 Å². The molecule has 0 saturated carbocycles. The highest BCUT2D eigenvalue weighted by Crippen LogP contribution is 2.32. The van der Waals surface area contributed by atoms with Crippen LogP contribution in [0.3, 0.4) is 0 Å². The SMILES string of the molecule is Cc1nc2ccc(NC(C)c3cccc(Cl)c3Cl)cc2s1. The van der Waals surface area contributed by atoms with Gasteiger partial charge in [0.1, 0.15) is 0 Å². The largest absolute Gasteiger partial charge is 0.378 e. The van der Waals surface area contributed by atoms with Gasteiger partial charge in [-0.25, -0.2) is 4.98 Å². The molecule has 0 amide bonds. The zero-order valence-corrected chi connectivity index (χ0v) is 14.0. The number of aryl methyl sites for hydroxylation is 1. The maximum absolute atomic E-state index is 6.27. The number of benzene rings is 2. The average Bonchev–Trinajstić information content (AvgIpc) is 2.81. The molecule has 0 saturated heterocycles. The lowest BCUT2D eigenvalue weighted by Crippen LogP contribution is -2.07. The van der Waals surface area contributed by atoms with Crippen LogP contribution in [-0.2, 0) is 0 Å². The smallest absolute Gasteiger partial charge is 0.0907 e. The molecule has 3 rings (SSSR count). The summed E-state index contributed by atoms with van der Waals surface area (Å²) in [6.07, 6.45) is 0. The van der Waals surface area contributed by atoms with Crippen LogP contribution in [-0.4, -0.2) is 4.98 Å². The second-order valence-electron chi connectivity index (χ2n) is 4.92. The van der Waals surface area contributed by atoms with E-state index in [-0.39, 0.29) is 6.04 Å². The molecular formula is C16H14Cl2N2S. The summed E-state index contributed by atoms with van der Waals surface area (Å²) in [4.78, 5) is 4.47. The second-order valence-corrected chi connectivity index (χ2v) is 6.94. The number of aromatic nitrogens is 1. The fraction of sp³-hybridized carbons (Fsp3) is 0.188. The van der Waals surface area contributed by atoms with Crippen LogP contribution >= 0.6 is 34.5 Å². The Balaban J connectivity index is 1.88. The fourth-order valence-electron chi connectivity index (χ4n) is 2.31. The van der Waals surface area contributed by atoms with Crippen LogP contribution in [0.15, 0.2) is 36.4 Å². The van der Waals surface area contributed by atoms with E-state index >= 15 is 0 Å². The van der Waals surface area contributed by atoms with E-state index in [1.807, 2.05) is 31.2 Å². The van der Waals surface area contributed by atoms with Crippen molar-refractivity contribution in [2.24, 2.45) is 0 Å². The lowest BCUT2D eigenvalue weighted by molar-refractivity contribution is 0.885. The zero-order chi connectivity index (χ0) is 15.0. The van der Waals surface area contributed by atoms with Crippen molar-refractivity contribution in [3.63, 3.8) is 0 Å². The summed E-state index contributed by atoms with van der Waals surface area (Å²) in [6.45, 7) is 4.09. The molecule has 1 atom stereocenters. The van der Waals surface area contributed by atoms with Crippen LogP contribution in [0.2, 0.25) is 10.0 Å². The third-order valence-corrected chi connectivity index (χ3v) is 5.09. The monoisotopic (exact) mass is 336 g/mol. The quantitative estimate of drug-likeness (QED) is 0.626. The number of nitrogens with zero attached hydrogens (tertiary/aromatic N) is 1. The number of fused-ring (bicyclic) bond motifs is 1. The minimum absolute atomic E-state index is 0.0719. The molecule has 1 aromatic heterocycles. The van der Waals surface area contributed by atoms with Crippen molar-refractivity contribution in [2.75, 3.05) is 5.32 Å². The van der Waals surface area contributed by atoms with Gasteiger partial charge in [-0.1, -0.05) is 35.3 Å². The molecule has 2 aromatic carbocycles. The van der Waals surface area contributed by atoms with Crippen molar-refractivity contribution in [1.29, 1.82) is 0 Å². The van der Waals surface area contributed by atoms with Gasteiger partial charge in [0.25, 0.3) is 0 Å². The van der Waals surface area contributed by atoms with E-state index in [4.69, 9.17) is 23.2 Å². The number of hydrogen-bond acceptors (Lipinski definition) is 3. The molecule has 0 radical (unpaired) electrons. The topological polar surface area (TPSA) is 24.9 Å². The molecule has 0 fully saturated rings. The highest BCUT2D eigenvalue weighted by molar-refractivity contribution is 7.18. The molecule has 0 spiro atoms. The molecule has 1 unspecified atom stereocenters. The van der Waals surface area contributed by atoms with Crippen molar-refractivity contribution in [3.05, 3.63) is 57.0 Å². The summed E-state index contributed by atoms with van der Waals surface area (Å²) in [6, 6.07) is 12.0. The van der Waals surface area contributed by atoms with Gasteiger partial charge in [0.05, 0.1) is 31.3 Å². The summed E-state index contributed by atoms with van der Waals surface area (Å²) in [5.41, 5.74) is 3.08. The van der Waals surface area contributed by atoms with Crippen LogP contribution < -0.4 is 5.32 Å². The molecule has 3 aromatic rings. The van der Waals surface area contributed by atoms with Gasteiger partial charge in [0.15, 0.2) is 0 Å². The highest BCUT2D eigenvalue weighted by atomic mass is 35.5. The predicted molar refractivity (Wildman–Crippen MR) is 92.9 cm³/mol. The normalized spacial score (nSPS) is 12.6. The second kappa shape index (κ2) is 5.84. The summed E-state index contributed by atoms with van der Waals surface area (Å²) in [7, 11) is 0. The maximum atomic E-state index is 6.27. The Morgan fingerprint density at radius 2 is 2.00 bits per heavy atom. The number of rotatable bonds is 3. The number of hydrogen-bond donors (Lipinski definition) is 1. The number of thiazole rings is 1. The maximum Gasteiger partial charge on any atom is 0.0907 e. The number of halogens is 2. The van der Waals surface area contributed by atoms with Crippen molar-refractivity contribution < 1.29 is 0 Å². The predicted octanol–water partition coefficient (Wildman–Crippen LogP) is 6.08. The summed E-state index contributed by atoms with van der Waals surface area (Å²) >= 11 is 14.0. The van der Waals surface area contributed by atoms with Crippen LogP contribution in [0.5, 0.6) is 0 Å². The summed E-state index contributed by atoms with van der Waals surface area (Å²) in [5, 5.41) is 5.73. The average molecular weight is 337 g/mol. The Kier molecular flexibility index (Phi) is 4.07. The first-order chi connectivity index (χ1) is 10.0. The lowest BCUT2D eigenvalue weighted by Gasteiger charge is -2.17. The molecule has 2 nitrogen and oxygen atoms in total. The molecule has 21 heavy (non-hydrogen) atoms. The van der Waals surface area contributed by atoms with Crippen LogP contribution in [0.25, 0.3) is 10.2 Å². The lowest BCUT2D eigenvalue weighted by atomic mass is 10.1. The minimum atomic E-state index is 0.0719. The van der Waals surface area contributed by atoms with Crippen molar-refractivity contribution in [3.8, 4) is 0 Å². The number of anilines is 1. The van der Waals surface area contributed by atoms with Crippen molar-refractivity contribution in [1.82, 2.24) is 4.98 Å². The molecule has 0 aliphatic rings. The van der Waals surface area contributed by atoms with E-state index in [9.17, 15) is 0 Å². The Morgan fingerprint density at radius 3 is 2.81 bits per heavy atom. The first kappa shape index (κ1) is 14.6. The van der Waals surface area contributed by atoms with Gasteiger partial charge in [0.2, 0.25) is 0 Å². The molecule has 1 heterocycles. The minimum Gasteiger partial charge on any atom is -0.378 e. The zero-order valence-electron chi connectivity index (χ0n) is 11.7. The Hall–Kier alpha value is -1.29. The van der Waals surface area contributed by atoms with E-state index in [1.165, 1.54) is 4.70 Å². The fourth-order valence-corrected chi connectivity index (χ4v) is 3.65. The van der Waals surface area contributed by atoms with Gasteiger partial charge in [-0.2, -0.15) is 0 Å². The van der Waals surface area contributed by atoms with E-state index < -0.39 is 0 Å². The van der Waals surface area contributed by atoms with Gasteiger partial charge in [-0.05, 0) is 43.7 Å². The van der Waals surface area contributed by atoms with Gasteiger partial charge < -0.3 is 5.32 Å². The Labute approximate surface area is 137 Å². The number of nitrogens with one attached hydrogen (secondary N) is 1. The highest BCUT2D eigenvalue weighted by Gasteiger charge is 2.12. The molecule has 108 valence electrons. The van der Waals surface area contributed by atoms with Gasteiger partial charge in [-0.15, -0.1) is 11.3 Å². The standard InChI is InChI=1S/C16H14Cl2N2S/c1-9(12-4-3-5-13(17)16(12)18)19-11-6-7-14-15(8-11)21-10(2)20-14/h3-9,19H,1-2H3. The van der Waals surface area contributed by atoms with Crippen LogP contribution in [0.1, 0.15) is 23.5 Å². The third-order valence-electron chi connectivity index (χ3n) is 3.33. The Bertz CT molecular complexity index is 798. The molecule has 5 heteroatoms. The molecule has 0 bridgehead atoms. The van der Waals surface area contributed by atoms with Gasteiger partial charge in [0, 0.05) is 5.69 Å². The molecule has 0 aliphatic heterocycles. The van der Waals surface area contributed by atoms with E-state index in [1.54, 1.807) is 17.4 Å². The van der Waals surface area contributed by atoms with Crippen molar-refractivity contribution >= 4 is 50.4 Å². The van der Waals surface area contributed by atoms with E-state index in [2.05, 4.69) is 23.3 Å². The summed E-state index contributed by atoms with van der Waals surface area (Å²) in [5.74, 6) is 0. The van der Waals surface area contributed by atoms with Gasteiger partial charge in [-0.3, -0.25) is 0 Å². The Morgan fingerprint density at radius 1 is 1.19 bits per heavy atom. The first-order valence-corrected chi connectivity index (χ1v) is 8.19.